The maximum absolute atomic E-state index is 4.47. The summed E-state index contributed by atoms with van der Waals surface area (Å²) >= 11 is 4.47. The first-order chi connectivity index (χ1) is 7.45. The van der Waals surface area contributed by atoms with Gasteiger partial charge in [-0.3, -0.25) is 0 Å². The lowest BCUT2D eigenvalue weighted by Gasteiger charge is -2.33. The summed E-state index contributed by atoms with van der Waals surface area (Å²) < 4.78 is 0. The van der Waals surface area contributed by atoms with Gasteiger partial charge in [-0.15, -0.1) is 0 Å². The Labute approximate surface area is 105 Å². The number of hydrogen-bond acceptors (Lipinski definition) is 2. The fourth-order valence-corrected chi connectivity index (χ4v) is 2.39. The molecule has 0 aliphatic carbocycles. The Kier molecular flexibility index (Phi) is 4.72. The van der Waals surface area contributed by atoms with Crippen LogP contribution in [0.1, 0.15) is 20.8 Å². The molecule has 0 N–H and O–H groups in total. The highest BCUT2D eigenvalue weighted by atomic mass is 32.1. The highest BCUT2D eigenvalue weighted by Crippen LogP contribution is 2.28. The molecule has 2 heteroatoms. The van der Waals surface area contributed by atoms with E-state index in [-0.39, 0.29) is 0 Å². The van der Waals surface area contributed by atoms with E-state index in [4.69, 9.17) is 0 Å². The highest BCUT2D eigenvalue weighted by molar-refractivity contribution is 7.80. The lowest BCUT2D eigenvalue weighted by Crippen LogP contribution is -2.34. The molecule has 1 aromatic carbocycles. The molecule has 1 unspecified atom stereocenters. The van der Waals surface area contributed by atoms with E-state index in [1.807, 2.05) is 0 Å². The molecular weight excluding hydrogens is 214 g/mol. The third-order valence-electron chi connectivity index (χ3n) is 3.14. The van der Waals surface area contributed by atoms with Crippen LogP contribution in [-0.4, -0.2) is 19.3 Å². The van der Waals surface area contributed by atoms with Crippen LogP contribution in [0, 0.1) is 11.3 Å². The van der Waals surface area contributed by atoms with Crippen LogP contribution in [0.2, 0.25) is 0 Å². The monoisotopic (exact) mass is 237 g/mol. The minimum atomic E-state index is 0.310. The summed E-state index contributed by atoms with van der Waals surface area (Å²) in [6.07, 6.45) is 0. The average Bonchev–Trinajstić information content (AvgIpc) is 2.25. The van der Waals surface area contributed by atoms with Crippen LogP contribution in [-0.2, 0) is 0 Å². The first-order valence-electron chi connectivity index (χ1n) is 5.82. The van der Waals surface area contributed by atoms with E-state index >= 15 is 0 Å². The Bertz CT molecular complexity index is 302. The van der Waals surface area contributed by atoms with Crippen LogP contribution in [0.4, 0.5) is 5.69 Å². The van der Waals surface area contributed by atoms with Gasteiger partial charge in [0.05, 0.1) is 0 Å². The zero-order chi connectivity index (χ0) is 12.2. The quantitative estimate of drug-likeness (QED) is 0.781. The smallest absolute Gasteiger partial charge is 0.0363 e. The summed E-state index contributed by atoms with van der Waals surface area (Å²) in [6, 6.07) is 10.5. The molecule has 0 spiro atoms. The van der Waals surface area contributed by atoms with Gasteiger partial charge in [0.15, 0.2) is 0 Å². The molecule has 0 heterocycles. The van der Waals surface area contributed by atoms with E-state index in [9.17, 15) is 0 Å². The molecule has 0 aromatic heterocycles. The summed E-state index contributed by atoms with van der Waals surface area (Å²) in [5.74, 6) is 1.53. The van der Waals surface area contributed by atoms with Crippen LogP contribution < -0.4 is 4.90 Å². The first kappa shape index (κ1) is 13.4. The van der Waals surface area contributed by atoms with Crippen LogP contribution in [0.3, 0.4) is 0 Å². The lowest BCUT2D eigenvalue weighted by molar-refractivity contribution is 0.272. The number of para-hydroxylation sites is 1. The molecule has 0 saturated heterocycles. The summed E-state index contributed by atoms with van der Waals surface area (Å²) in [5.41, 5.74) is 1.59. The van der Waals surface area contributed by atoms with E-state index < -0.39 is 0 Å². The number of anilines is 1. The van der Waals surface area contributed by atoms with Gasteiger partial charge in [-0.2, -0.15) is 12.6 Å². The Hall–Kier alpha value is -0.630. The third kappa shape index (κ3) is 3.75. The molecule has 90 valence electrons. The van der Waals surface area contributed by atoms with E-state index in [0.717, 1.165) is 12.3 Å². The van der Waals surface area contributed by atoms with Crippen LogP contribution in [0.25, 0.3) is 0 Å². The van der Waals surface area contributed by atoms with E-state index in [1.54, 1.807) is 0 Å². The molecule has 0 aliphatic rings. The minimum absolute atomic E-state index is 0.310. The predicted molar refractivity (Wildman–Crippen MR) is 76.5 cm³/mol. The van der Waals surface area contributed by atoms with Crippen molar-refractivity contribution < 1.29 is 0 Å². The molecular formula is C14H23NS. The second-order valence-electron chi connectivity index (χ2n) is 5.46. The van der Waals surface area contributed by atoms with Crippen molar-refractivity contribution in [3.05, 3.63) is 30.3 Å². The second kappa shape index (κ2) is 5.62. The number of thiol groups is 1. The van der Waals surface area contributed by atoms with Crippen molar-refractivity contribution in [2.75, 3.05) is 24.2 Å². The average molecular weight is 237 g/mol. The van der Waals surface area contributed by atoms with Crippen molar-refractivity contribution in [2.24, 2.45) is 11.3 Å². The third-order valence-corrected chi connectivity index (χ3v) is 3.58. The van der Waals surface area contributed by atoms with Crippen molar-refractivity contribution in [2.45, 2.75) is 20.8 Å². The van der Waals surface area contributed by atoms with Crippen molar-refractivity contribution in [1.29, 1.82) is 0 Å². The zero-order valence-corrected chi connectivity index (χ0v) is 11.7. The topological polar surface area (TPSA) is 3.24 Å². The standard InChI is InChI=1S/C14H23NS/c1-14(2,3)12(11-16)10-15(4)13-8-6-5-7-9-13/h5-9,12,16H,10-11H2,1-4H3. The van der Waals surface area contributed by atoms with Crippen LogP contribution in [0.15, 0.2) is 30.3 Å². The van der Waals surface area contributed by atoms with E-state index in [2.05, 4.69) is 75.7 Å². The molecule has 0 aliphatic heterocycles. The summed E-state index contributed by atoms with van der Waals surface area (Å²) in [4.78, 5) is 2.31. The molecule has 0 saturated carbocycles. The SMILES string of the molecule is CN(CC(CS)C(C)(C)C)c1ccccc1. The maximum Gasteiger partial charge on any atom is 0.0363 e. The molecule has 0 radical (unpaired) electrons. The second-order valence-corrected chi connectivity index (χ2v) is 5.83. The number of rotatable bonds is 4. The number of nitrogens with zero attached hydrogens (tertiary/aromatic N) is 1. The fraction of sp³-hybridized carbons (Fsp3) is 0.571. The van der Waals surface area contributed by atoms with Gasteiger partial charge in [0, 0.05) is 19.3 Å². The highest BCUT2D eigenvalue weighted by Gasteiger charge is 2.24. The molecule has 1 rings (SSSR count). The Morgan fingerprint density at radius 3 is 2.19 bits per heavy atom. The van der Waals surface area contributed by atoms with Gasteiger partial charge in [-0.25, -0.2) is 0 Å². The lowest BCUT2D eigenvalue weighted by atomic mass is 9.81. The summed E-state index contributed by atoms with van der Waals surface area (Å²) in [7, 11) is 2.15. The molecule has 16 heavy (non-hydrogen) atoms. The van der Waals surface area contributed by atoms with Crippen LogP contribution in [0.5, 0.6) is 0 Å². The van der Waals surface area contributed by atoms with Crippen LogP contribution >= 0.6 is 12.6 Å². The van der Waals surface area contributed by atoms with Gasteiger partial charge >= 0.3 is 0 Å². The van der Waals surface area contributed by atoms with E-state index in [1.165, 1.54) is 5.69 Å². The van der Waals surface area contributed by atoms with Gasteiger partial charge < -0.3 is 4.90 Å². The Morgan fingerprint density at radius 1 is 1.19 bits per heavy atom. The van der Waals surface area contributed by atoms with Gasteiger partial charge in [-0.1, -0.05) is 39.0 Å². The van der Waals surface area contributed by atoms with Gasteiger partial charge in [-0.05, 0) is 29.2 Å². The van der Waals surface area contributed by atoms with Gasteiger partial charge in [0.2, 0.25) is 0 Å². The van der Waals surface area contributed by atoms with E-state index in [0.29, 0.717) is 11.3 Å². The molecule has 0 amide bonds. The van der Waals surface area contributed by atoms with Gasteiger partial charge in [0.25, 0.3) is 0 Å². The molecule has 1 nitrogen and oxygen atoms in total. The predicted octanol–water partition coefficient (Wildman–Crippen LogP) is 3.71. The summed E-state index contributed by atoms with van der Waals surface area (Å²) in [6.45, 7) is 7.91. The zero-order valence-electron chi connectivity index (χ0n) is 10.8. The summed E-state index contributed by atoms with van der Waals surface area (Å²) in [5, 5.41) is 0. The number of hydrogen-bond donors (Lipinski definition) is 1. The fourth-order valence-electron chi connectivity index (χ4n) is 1.72. The molecule has 1 aromatic rings. The van der Waals surface area contributed by atoms with Gasteiger partial charge in [0.1, 0.15) is 0 Å². The molecule has 0 fully saturated rings. The molecule has 1 atom stereocenters. The van der Waals surface area contributed by atoms with Crippen molar-refractivity contribution in [3.8, 4) is 0 Å². The minimum Gasteiger partial charge on any atom is -0.374 e. The normalized spacial score (nSPS) is 13.6. The Balaban J connectivity index is 2.67. The maximum atomic E-state index is 4.47. The van der Waals surface area contributed by atoms with Crippen molar-refractivity contribution in [3.63, 3.8) is 0 Å². The van der Waals surface area contributed by atoms with Crippen molar-refractivity contribution in [1.82, 2.24) is 0 Å². The number of benzene rings is 1. The molecule has 0 bridgehead atoms. The largest absolute Gasteiger partial charge is 0.374 e. The first-order valence-corrected chi connectivity index (χ1v) is 6.45. The Morgan fingerprint density at radius 2 is 1.75 bits per heavy atom. The van der Waals surface area contributed by atoms with Crippen molar-refractivity contribution >= 4 is 18.3 Å².